The van der Waals surface area contributed by atoms with Crippen LogP contribution in [0.2, 0.25) is 0 Å². The minimum absolute atomic E-state index is 0.114. The topological polar surface area (TPSA) is 46.5 Å². The highest BCUT2D eigenvalue weighted by molar-refractivity contribution is 9.10. The first-order valence-corrected chi connectivity index (χ1v) is 12.8. The van der Waals surface area contributed by atoms with Gasteiger partial charge < -0.3 is 9.76 Å². The van der Waals surface area contributed by atoms with Crippen molar-refractivity contribution >= 4 is 61.2 Å². The van der Waals surface area contributed by atoms with Gasteiger partial charge in [-0.2, -0.15) is 0 Å². The number of carbonyl (C=O) groups excluding carboxylic acids is 1. The smallest absolute Gasteiger partial charge is 0.426 e. The van der Waals surface area contributed by atoms with Gasteiger partial charge in [-0.1, -0.05) is 87.3 Å². The number of hydrogen-bond acceptors (Lipinski definition) is 3. The minimum Gasteiger partial charge on any atom is -0.551 e. The summed E-state index contributed by atoms with van der Waals surface area (Å²) in [6.45, 7) is 1.68. The maximum atomic E-state index is 13.2. The number of phenolic OH excluding ortho intramolecular Hbond substituents is 1. The van der Waals surface area contributed by atoms with E-state index in [2.05, 4.69) is 38.8 Å². The molecule has 0 fully saturated rings. The molecule has 0 aliphatic heterocycles. The van der Waals surface area contributed by atoms with E-state index in [9.17, 15) is 9.90 Å². The second-order valence-electron chi connectivity index (χ2n) is 8.07. The minimum atomic E-state index is -0.430. The highest BCUT2D eigenvalue weighted by Crippen LogP contribution is 2.21. The lowest BCUT2D eigenvalue weighted by atomic mass is 9.55. The molecule has 0 radical (unpaired) electrons. The summed E-state index contributed by atoms with van der Waals surface area (Å²) >= 11 is 7.01. The molecule has 4 rings (SSSR count). The number of halogens is 2. The van der Waals surface area contributed by atoms with E-state index in [0.717, 1.165) is 31.9 Å². The van der Waals surface area contributed by atoms with Crippen LogP contribution in [-0.2, 0) is 11.1 Å². The van der Waals surface area contributed by atoms with E-state index in [4.69, 9.17) is 4.65 Å². The zero-order chi connectivity index (χ0) is 24.8. The van der Waals surface area contributed by atoms with Crippen molar-refractivity contribution in [1.29, 1.82) is 0 Å². The third kappa shape index (κ3) is 6.53. The molecule has 0 saturated carbocycles. The summed E-state index contributed by atoms with van der Waals surface area (Å²) in [6.07, 6.45) is 2.45. The van der Waals surface area contributed by atoms with Crippen LogP contribution in [-0.4, -0.2) is 17.8 Å². The van der Waals surface area contributed by atoms with Crippen LogP contribution in [0.5, 0.6) is 5.75 Å². The van der Waals surface area contributed by atoms with Gasteiger partial charge in [0.2, 0.25) is 0 Å². The fraction of sp³-hybridized carbons (Fsp3) is 0.0690. The molecule has 35 heavy (non-hydrogen) atoms. The Bertz CT molecular complexity index is 1270. The molecule has 1 N–H and O–H groups in total. The van der Waals surface area contributed by atoms with E-state index in [1.54, 1.807) is 12.1 Å². The summed E-state index contributed by atoms with van der Waals surface area (Å²) in [5.41, 5.74) is 4.41. The zero-order valence-corrected chi connectivity index (χ0v) is 22.3. The molecule has 4 aromatic rings. The normalized spacial score (nSPS) is 11.2. The molecular weight excluding hydrogens is 567 g/mol. The predicted molar refractivity (Wildman–Crippen MR) is 151 cm³/mol. The SMILES string of the molecule is CCc1ccc(/C(=C/C(=O)c2ccc(O)cc2)OB(c2ccc(Br)cc2)c2ccc(Br)cc2)cc1. The number of hydrogen-bond donors (Lipinski definition) is 1. The summed E-state index contributed by atoms with van der Waals surface area (Å²) in [5, 5.41) is 9.60. The van der Waals surface area contributed by atoms with Crippen LogP contribution >= 0.6 is 31.9 Å². The molecular formula is C29H23BBr2O3. The maximum absolute atomic E-state index is 13.2. The van der Waals surface area contributed by atoms with E-state index in [0.29, 0.717) is 11.3 Å². The van der Waals surface area contributed by atoms with E-state index in [-0.39, 0.29) is 11.5 Å². The number of allylic oxidation sites excluding steroid dienone is 1. The van der Waals surface area contributed by atoms with E-state index in [1.807, 2.05) is 72.8 Å². The molecule has 0 aliphatic carbocycles. The molecule has 0 saturated heterocycles. The lowest BCUT2D eigenvalue weighted by molar-refractivity contribution is 0.104. The predicted octanol–water partition coefficient (Wildman–Crippen LogP) is 6.53. The Morgan fingerprint density at radius 1 is 0.771 bits per heavy atom. The number of benzene rings is 4. The van der Waals surface area contributed by atoms with Gasteiger partial charge in [0.1, 0.15) is 11.5 Å². The third-order valence-electron chi connectivity index (χ3n) is 5.65. The highest BCUT2D eigenvalue weighted by Gasteiger charge is 2.25. The van der Waals surface area contributed by atoms with Gasteiger partial charge in [-0.3, -0.25) is 4.79 Å². The van der Waals surface area contributed by atoms with Crippen molar-refractivity contribution in [3.8, 4) is 5.75 Å². The van der Waals surface area contributed by atoms with Crippen molar-refractivity contribution < 1.29 is 14.6 Å². The lowest BCUT2D eigenvalue weighted by Crippen LogP contribution is -2.44. The fourth-order valence-corrected chi connectivity index (χ4v) is 4.18. The first-order valence-electron chi connectivity index (χ1n) is 11.2. The molecule has 0 amide bonds. The van der Waals surface area contributed by atoms with Gasteiger partial charge in [0.05, 0.1) is 0 Å². The van der Waals surface area contributed by atoms with Gasteiger partial charge >= 0.3 is 6.92 Å². The highest BCUT2D eigenvalue weighted by atomic mass is 79.9. The summed E-state index contributed by atoms with van der Waals surface area (Å²) in [4.78, 5) is 13.2. The van der Waals surface area contributed by atoms with Crippen LogP contribution in [0.1, 0.15) is 28.4 Å². The maximum Gasteiger partial charge on any atom is 0.426 e. The van der Waals surface area contributed by atoms with Crippen molar-refractivity contribution in [2.45, 2.75) is 13.3 Å². The standard InChI is InChI=1S/C29H23BBr2O3/c1-2-20-3-5-22(6-4-20)29(19-28(34)21-7-17-27(33)18-8-21)35-30(23-9-13-25(31)14-10-23)24-11-15-26(32)16-12-24/h3-19,33H,2H2,1H3/b29-19-. The summed E-state index contributed by atoms with van der Waals surface area (Å²) in [7, 11) is 0. The first-order chi connectivity index (χ1) is 16.9. The monoisotopic (exact) mass is 588 g/mol. The fourth-order valence-electron chi connectivity index (χ4n) is 3.65. The molecule has 0 aromatic heterocycles. The molecule has 3 nitrogen and oxygen atoms in total. The van der Waals surface area contributed by atoms with Crippen LogP contribution in [0.4, 0.5) is 0 Å². The third-order valence-corrected chi connectivity index (χ3v) is 6.71. The van der Waals surface area contributed by atoms with Crippen LogP contribution in [0.15, 0.2) is 112 Å². The van der Waals surface area contributed by atoms with Crippen LogP contribution in [0.25, 0.3) is 5.76 Å². The Hall–Kier alpha value is -3.09. The van der Waals surface area contributed by atoms with Gasteiger partial charge in [-0.15, -0.1) is 0 Å². The Labute approximate surface area is 222 Å². The van der Waals surface area contributed by atoms with Crippen LogP contribution < -0.4 is 10.9 Å². The van der Waals surface area contributed by atoms with Gasteiger partial charge in [0.25, 0.3) is 0 Å². The Morgan fingerprint density at radius 2 is 1.26 bits per heavy atom. The average Bonchev–Trinajstić information content (AvgIpc) is 2.88. The Balaban J connectivity index is 1.78. The summed E-state index contributed by atoms with van der Waals surface area (Å²) in [6, 6.07) is 30.2. The van der Waals surface area contributed by atoms with Crippen molar-refractivity contribution in [1.82, 2.24) is 0 Å². The number of ketones is 1. The van der Waals surface area contributed by atoms with Crippen LogP contribution in [0.3, 0.4) is 0 Å². The number of phenols is 1. The Morgan fingerprint density at radius 3 is 1.74 bits per heavy atom. The number of aryl methyl sites for hydroxylation is 1. The van der Waals surface area contributed by atoms with Crippen LogP contribution in [0, 0.1) is 0 Å². The quantitative estimate of drug-likeness (QED) is 0.110. The number of rotatable bonds is 8. The number of carbonyl (C=O) groups is 1. The van der Waals surface area contributed by atoms with Crippen molar-refractivity contribution in [2.75, 3.05) is 0 Å². The molecule has 4 aromatic carbocycles. The second-order valence-corrected chi connectivity index (χ2v) is 9.90. The molecule has 0 atom stereocenters. The average molecular weight is 590 g/mol. The molecule has 174 valence electrons. The molecule has 0 aliphatic rings. The number of aromatic hydroxyl groups is 1. The lowest BCUT2D eigenvalue weighted by Gasteiger charge is -2.20. The van der Waals surface area contributed by atoms with E-state index in [1.165, 1.54) is 23.8 Å². The van der Waals surface area contributed by atoms with Gasteiger partial charge in [-0.05, 0) is 71.4 Å². The van der Waals surface area contributed by atoms with Crippen molar-refractivity contribution in [3.05, 3.63) is 129 Å². The van der Waals surface area contributed by atoms with Gasteiger partial charge in [-0.25, -0.2) is 0 Å². The molecule has 0 heterocycles. The second kappa shape index (κ2) is 11.6. The van der Waals surface area contributed by atoms with Crippen molar-refractivity contribution in [3.63, 3.8) is 0 Å². The van der Waals surface area contributed by atoms with Gasteiger partial charge in [0, 0.05) is 26.1 Å². The summed E-state index contributed by atoms with van der Waals surface area (Å²) in [5.74, 6) is 0.384. The molecule has 0 spiro atoms. The summed E-state index contributed by atoms with van der Waals surface area (Å²) < 4.78 is 8.59. The first kappa shape index (κ1) is 25.0. The van der Waals surface area contributed by atoms with Gasteiger partial charge in [0.15, 0.2) is 5.78 Å². The largest absolute Gasteiger partial charge is 0.551 e. The molecule has 0 unspecified atom stereocenters. The van der Waals surface area contributed by atoms with Crippen molar-refractivity contribution in [2.24, 2.45) is 0 Å². The zero-order valence-electron chi connectivity index (χ0n) is 19.1. The Kier molecular flexibility index (Phi) is 8.27. The van der Waals surface area contributed by atoms with E-state index >= 15 is 0 Å². The van der Waals surface area contributed by atoms with E-state index < -0.39 is 6.92 Å². The molecule has 0 bridgehead atoms. The molecule has 6 heteroatoms.